The standard InChI is InChI=1S/C17H23NO6S/c1-2-23-13-7-9-14(10-8-13)25(21,22)18-12-11-17(20)24-16-6-4-3-5-15(16)19/h7-10,16,18H,2-6,11-12H2,1H3/t16-/m1/s1. The summed E-state index contributed by atoms with van der Waals surface area (Å²) in [6.45, 7) is 2.25. The fraction of sp³-hybridized carbons (Fsp3) is 0.529. The molecular weight excluding hydrogens is 346 g/mol. The maximum atomic E-state index is 12.2. The third kappa shape index (κ3) is 5.82. The number of ketones is 1. The minimum Gasteiger partial charge on any atom is -0.494 e. The summed E-state index contributed by atoms with van der Waals surface area (Å²) in [6, 6.07) is 6.01. The first-order valence-electron chi connectivity index (χ1n) is 8.37. The van der Waals surface area contributed by atoms with Gasteiger partial charge in [-0.1, -0.05) is 0 Å². The van der Waals surface area contributed by atoms with Crippen LogP contribution in [0.4, 0.5) is 0 Å². The van der Waals surface area contributed by atoms with Gasteiger partial charge in [-0.05, 0) is 50.5 Å². The number of hydrogen-bond acceptors (Lipinski definition) is 6. The molecule has 0 heterocycles. The molecule has 1 atom stereocenters. The van der Waals surface area contributed by atoms with Gasteiger partial charge in [0.2, 0.25) is 10.0 Å². The SMILES string of the molecule is CCOc1ccc(S(=O)(=O)NCCC(=O)O[C@@H]2CCCCC2=O)cc1. The summed E-state index contributed by atoms with van der Waals surface area (Å²) in [4.78, 5) is 23.5. The Kier molecular flexibility index (Phi) is 6.95. The first-order valence-corrected chi connectivity index (χ1v) is 9.85. The smallest absolute Gasteiger partial charge is 0.307 e. The molecule has 1 aromatic rings. The van der Waals surface area contributed by atoms with Crippen molar-refractivity contribution in [2.75, 3.05) is 13.2 Å². The zero-order chi connectivity index (χ0) is 18.3. The molecule has 1 aromatic carbocycles. The van der Waals surface area contributed by atoms with E-state index in [0.29, 0.717) is 25.2 Å². The van der Waals surface area contributed by atoms with Gasteiger partial charge in [-0.25, -0.2) is 13.1 Å². The van der Waals surface area contributed by atoms with Crippen molar-refractivity contribution in [1.29, 1.82) is 0 Å². The van der Waals surface area contributed by atoms with Gasteiger partial charge in [-0.15, -0.1) is 0 Å². The van der Waals surface area contributed by atoms with Crippen molar-refractivity contribution >= 4 is 21.8 Å². The highest BCUT2D eigenvalue weighted by Gasteiger charge is 2.25. The van der Waals surface area contributed by atoms with Crippen LogP contribution in [-0.4, -0.2) is 39.4 Å². The van der Waals surface area contributed by atoms with Crippen molar-refractivity contribution in [1.82, 2.24) is 4.72 Å². The molecule has 0 aliphatic heterocycles. The van der Waals surface area contributed by atoms with Gasteiger partial charge < -0.3 is 9.47 Å². The van der Waals surface area contributed by atoms with Crippen LogP contribution in [0, 0.1) is 0 Å². The third-order valence-corrected chi connectivity index (χ3v) is 5.32. The Morgan fingerprint density at radius 1 is 1.24 bits per heavy atom. The number of carbonyl (C=O) groups excluding carboxylic acids is 2. The summed E-state index contributed by atoms with van der Waals surface area (Å²) in [5, 5.41) is 0. The number of carbonyl (C=O) groups is 2. The predicted octanol–water partition coefficient (Wildman–Crippen LogP) is 1.81. The number of sulfonamides is 1. The van der Waals surface area contributed by atoms with Gasteiger partial charge in [-0.3, -0.25) is 9.59 Å². The lowest BCUT2D eigenvalue weighted by molar-refractivity contribution is -0.156. The highest BCUT2D eigenvalue weighted by molar-refractivity contribution is 7.89. The molecular formula is C17H23NO6S. The van der Waals surface area contributed by atoms with Crippen LogP contribution < -0.4 is 9.46 Å². The maximum absolute atomic E-state index is 12.2. The molecule has 0 saturated heterocycles. The van der Waals surface area contributed by atoms with E-state index in [-0.39, 0.29) is 23.6 Å². The number of nitrogens with one attached hydrogen (secondary N) is 1. The molecule has 1 fully saturated rings. The highest BCUT2D eigenvalue weighted by atomic mass is 32.2. The van der Waals surface area contributed by atoms with Gasteiger partial charge in [0.1, 0.15) is 5.75 Å². The van der Waals surface area contributed by atoms with E-state index in [1.165, 1.54) is 12.1 Å². The van der Waals surface area contributed by atoms with Crippen molar-refractivity contribution in [2.45, 2.75) is 50.0 Å². The van der Waals surface area contributed by atoms with Gasteiger partial charge in [0.05, 0.1) is 17.9 Å². The minimum absolute atomic E-state index is 0.0606. The van der Waals surface area contributed by atoms with E-state index in [0.717, 1.165) is 12.8 Å². The van der Waals surface area contributed by atoms with E-state index in [2.05, 4.69) is 4.72 Å². The zero-order valence-corrected chi connectivity index (χ0v) is 15.0. The van der Waals surface area contributed by atoms with E-state index in [1.807, 2.05) is 6.92 Å². The number of Topliss-reactive ketones (excluding diaryl/α,β-unsaturated/α-hetero) is 1. The molecule has 1 N–H and O–H groups in total. The van der Waals surface area contributed by atoms with Crippen molar-refractivity contribution in [3.63, 3.8) is 0 Å². The molecule has 2 rings (SSSR count). The van der Waals surface area contributed by atoms with Gasteiger partial charge in [0.25, 0.3) is 0 Å². The van der Waals surface area contributed by atoms with Crippen LogP contribution in [0.5, 0.6) is 5.75 Å². The molecule has 138 valence electrons. The number of ether oxygens (including phenoxy) is 2. The average molecular weight is 369 g/mol. The Hall–Kier alpha value is -1.93. The van der Waals surface area contributed by atoms with Crippen molar-refractivity contribution in [3.05, 3.63) is 24.3 Å². The molecule has 8 heteroatoms. The number of benzene rings is 1. The van der Waals surface area contributed by atoms with E-state index in [1.54, 1.807) is 12.1 Å². The second kappa shape index (κ2) is 8.96. The number of rotatable bonds is 8. The van der Waals surface area contributed by atoms with E-state index < -0.39 is 22.1 Å². The largest absolute Gasteiger partial charge is 0.494 e. The minimum atomic E-state index is -3.71. The second-order valence-electron chi connectivity index (χ2n) is 5.74. The topological polar surface area (TPSA) is 98.8 Å². The fourth-order valence-electron chi connectivity index (χ4n) is 2.55. The van der Waals surface area contributed by atoms with Gasteiger partial charge >= 0.3 is 5.97 Å². The van der Waals surface area contributed by atoms with Gasteiger partial charge in [0, 0.05) is 13.0 Å². The van der Waals surface area contributed by atoms with Crippen LogP contribution in [0.25, 0.3) is 0 Å². The quantitative estimate of drug-likeness (QED) is 0.702. The van der Waals surface area contributed by atoms with Gasteiger partial charge in [-0.2, -0.15) is 0 Å². The summed E-state index contributed by atoms with van der Waals surface area (Å²) in [6.07, 6.45) is 1.86. The summed E-state index contributed by atoms with van der Waals surface area (Å²) >= 11 is 0. The lowest BCUT2D eigenvalue weighted by Gasteiger charge is -2.20. The van der Waals surface area contributed by atoms with Crippen LogP contribution in [0.2, 0.25) is 0 Å². The monoisotopic (exact) mass is 369 g/mol. The summed E-state index contributed by atoms with van der Waals surface area (Å²) in [5.41, 5.74) is 0. The normalized spacial score (nSPS) is 18.0. The molecule has 1 aliphatic rings. The van der Waals surface area contributed by atoms with Crippen LogP contribution in [-0.2, 0) is 24.3 Å². The molecule has 7 nitrogen and oxygen atoms in total. The molecule has 0 radical (unpaired) electrons. The Balaban J connectivity index is 1.81. The Labute approximate surface area is 147 Å². The van der Waals surface area contributed by atoms with E-state index in [4.69, 9.17) is 9.47 Å². The molecule has 25 heavy (non-hydrogen) atoms. The van der Waals surface area contributed by atoms with E-state index >= 15 is 0 Å². The molecule has 0 bridgehead atoms. The Morgan fingerprint density at radius 2 is 1.96 bits per heavy atom. The molecule has 0 amide bonds. The van der Waals surface area contributed by atoms with Crippen LogP contribution >= 0.6 is 0 Å². The van der Waals surface area contributed by atoms with Crippen molar-refractivity contribution < 1.29 is 27.5 Å². The predicted molar refractivity (Wildman–Crippen MR) is 90.8 cm³/mol. The molecule has 1 saturated carbocycles. The second-order valence-corrected chi connectivity index (χ2v) is 7.51. The Morgan fingerprint density at radius 3 is 2.60 bits per heavy atom. The summed E-state index contributed by atoms with van der Waals surface area (Å²) in [7, 11) is -3.71. The zero-order valence-electron chi connectivity index (χ0n) is 14.2. The highest BCUT2D eigenvalue weighted by Crippen LogP contribution is 2.18. The lowest BCUT2D eigenvalue weighted by atomic mass is 9.96. The average Bonchev–Trinajstić information content (AvgIpc) is 2.58. The molecule has 0 unspecified atom stereocenters. The van der Waals surface area contributed by atoms with Crippen molar-refractivity contribution in [3.8, 4) is 5.75 Å². The summed E-state index contributed by atoms with van der Waals surface area (Å²) < 4.78 is 37.1. The number of esters is 1. The van der Waals surface area contributed by atoms with Crippen molar-refractivity contribution in [2.24, 2.45) is 0 Å². The fourth-order valence-corrected chi connectivity index (χ4v) is 3.58. The third-order valence-electron chi connectivity index (χ3n) is 3.84. The first kappa shape index (κ1) is 19.4. The number of hydrogen-bond donors (Lipinski definition) is 1. The lowest BCUT2D eigenvalue weighted by Crippen LogP contribution is -2.32. The van der Waals surface area contributed by atoms with Gasteiger partial charge in [0.15, 0.2) is 11.9 Å². The molecule has 0 spiro atoms. The molecule has 0 aromatic heterocycles. The van der Waals surface area contributed by atoms with Crippen LogP contribution in [0.15, 0.2) is 29.2 Å². The molecule has 1 aliphatic carbocycles. The summed E-state index contributed by atoms with van der Waals surface area (Å²) in [5.74, 6) is -0.0496. The van der Waals surface area contributed by atoms with E-state index in [9.17, 15) is 18.0 Å². The maximum Gasteiger partial charge on any atom is 0.307 e. The van der Waals surface area contributed by atoms with Crippen LogP contribution in [0.1, 0.15) is 39.0 Å². The Bertz CT molecular complexity index is 698. The van der Waals surface area contributed by atoms with Crippen LogP contribution in [0.3, 0.4) is 0 Å². The first-order chi connectivity index (χ1) is 11.9.